The second kappa shape index (κ2) is 6.34. The summed E-state index contributed by atoms with van der Waals surface area (Å²) in [5.74, 6) is 0. The van der Waals surface area contributed by atoms with Crippen molar-refractivity contribution in [3.8, 4) is 6.07 Å². The van der Waals surface area contributed by atoms with Gasteiger partial charge in [-0.25, -0.2) is 0 Å². The quantitative estimate of drug-likeness (QED) is 0.854. The fraction of sp³-hybridized carbons (Fsp3) is 0.133. The summed E-state index contributed by atoms with van der Waals surface area (Å²) >= 11 is 3.42. The van der Waals surface area contributed by atoms with E-state index < -0.39 is 0 Å². The summed E-state index contributed by atoms with van der Waals surface area (Å²) in [6.45, 7) is 0.995. The van der Waals surface area contributed by atoms with Crippen molar-refractivity contribution in [2.24, 2.45) is 0 Å². The highest BCUT2D eigenvalue weighted by Gasteiger charge is 2.01. The van der Waals surface area contributed by atoms with E-state index in [0.29, 0.717) is 18.8 Å². The van der Waals surface area contributed by atoms with Crippen molar-refractivity contribution in [2.75, 3.05) is 0 Å². The minimum absolute atomic E-state index is 0.455. The van der Waals surface area contributed by atoms with E-state index in [-0.39, 0.29) is 0 Å². The summed E-state index contributed by atoms with van der Waals surface area (Å²) in [5.41, 5.74) is 2.71. The molecule has 0 atom stereocenters. The van der Waals surface area contributed by atoms with Crippen molar-refractivity contribution < 1.29 is 4.74 Å². The predicted molar refractivity (Wildman–Crippen MR) is 73.8 cm³/mol. The monoisotopic (exact) mass is 301 g/mol. The maximum absolute atomic E-state index is 8.96. The third-order valence-electron chi connectivity index (χ3n) is 2.55. The van der Waals surface area contributed by atoms with Crippen molar-refractivity contribution in [3.63, 3.8) is 0 Å². The third-order valence-corrected chi connectivity index (χ3v) is 3.05. The molecule has 0 saturated heterocycles. The standard InChI is InChI=1S/C15H12BrNO/c16-15-7-3-4-12(8-15)10-18-11-14-6-2-1-5-13(14)9-17/h1-8H,10-11H2. The van der Waals surface area contributed by atoms with Crippen molar-refractivity contribution in [1.29, 1.82) is 5.26 Å². The lowest BCUT2D eigenvalue weighted by Gasteiger charge is -2.06. The van der Waals surface area contributed by atoms with Crippen LogP contribution >= 0.6 is 15.9 Å². The molecule has 18 heavy (non-hydrogen) atoms. The Morgan fingerprint density at radius 1 is 1.06 bits per heavy atom. The van der Waals surface area contributed by atoms with Crippen molar-refractivity contribution in [3.05, 3.63) is 69.7 Å². The molecule has 2 aromatic rings. The van der Waals surface area contributed by atoms with Gasteiger partial charge in [-0.3, -0.25) is 0 Å². The number of benzene rings is 2. The van der Waals surface area contributed by atoms with Gasteiger partial charge < -0.3 is 4.74 Å². The van der Waals surface area contributed by atoms with E-state index >= 15 is 0 Å². The maximum atomic E-state index is 8.96. The smallest absolute Gasteiger partial charge is 0.0995 e. The number of rotatable bonds is 4. The molecule has 0 spiro atoms. The van der Waals surface area contributed by atoms with E-state index in [4.69, 9.17) is 10.00 Å². The van der Waals surface area contributed by atoms with Gasteiger partial charge in [0.15, 0.2) is 0 Å². The van der Waals surface area contributed by atoms with E-state index in [1.165, 1.54) is 0 Å². The van der Waals surface area contributed by atoms with Gasteiger partial charge in [0.25, 0.3) is 0 Å². The number of ether oxygens (including phenoxy) is 1. The molecule has 0 aliphatic heterocycles. The summed E-state index contributed by atoms with van der Waals surface area (Å²) < 4.78 is 6.67. The van der Waals surface area contributed by atoms with Gasteiger partial charge in [0.05, 0.1) is 24.8 Å². The molecule has 0 bridgehead atoms. The van der Waals surface area contributed by atoms with Crippen molar-refractivity contribution >= 4 is 15.9 Å². The minimum atomic E-state index is 0.455. The number of hydrogen-bond acceptors (Lipinski definition) is 2. The lowest BCUT2D eigenvalue weighted by atomic mass is 10.1. The molecule has 0 fully saturated rings. The van der Waals surface area contributed by atoms with Crippen LogP contribution in [0.4, 0.5) is 0 Å². The van der Waals surface area contributed by atoms with E-state index in [1.54, 1.807) is 6.07 Å². The summed E-state index contributed by atoms with van der Waals surface area (Å²) in [6, 6.07) is 17.7. The molecule has 0 radical (unpaired) electrons. The number of nitriles is 1. The van der Waals surface area contributed by atoms with Gasteiger partial charge >= 0.3 is 0 Å². The molecule has 0 amide bonds. The van der Waals surface area contributed by atoms with Crippen molar-refractivity contribution in [2.45, 2.75) is 13.2 Å². The van der Waals surface area contributed by atoms with Crippen LogP contribution in [0.25, 0.3) is 0 Å². The molecule has 0 aliphatic carbocycles. The van der Waals surface area contributed by atoms with Crippen LogP contribution in [0.15, 0.2) is 53.0 Å². The molecular weight excluding hydrogens is 290 g/mol. The molecule has 0 N–H and O–H groups in total. The summed E-state index contributed by atoms with van der Waals surface area (Å²) in [5, 5.41) is 8.96. The molecule has 0 heterocycles. The SMILES string of the molecule is N#Cc1ccccc1COCc1cccc(Br)c1. The Kier molecular flexibility index (Phi) is 4.52. The van der Waals surface area contributed by atoms with E-state index in [1.807, 2.05) is 42.5 Å². The zero-order chi connectivity index (χ0) is 12.8. The third kappa shape index (κ3) is 3.43. The van der Waals surface area contributed by atoms with Crippen LogP contribution in [0, 0.1) is 11.3 Å². The Morgan fingerprint density at radius 3 is 2.67 bits per heavy atom. The Bertz CT molecular complexity index is 575. The van der Waals surface area contributed by atoms with E-state index in [9.17, 15) is 0 Å². The Hall–Kier alpha value is -1.63. The van der Waals surface area contributed by atoms with Gasteiger partial charge in [-0.05, 0) is 29.3 Å². The van der Waals surface area contributed by atoms with Crippen LogP contribution in [0.5, 0.6) is 0 Å². The molecule has 0 aliphatic rings. The van der Waals surface area contributed by atoms with Gasteiger partial charge in [0.1, 0.15) is 0 Å². The van der Waals surface area contributed by atoms with Gasteiger partial charge in [0.2, 0.25) is 0 Å². The largest absolute Gasteiger partial charge is 0.372 e. The van der Waals surface area contributed by atoms with Gasteiger partial charge in [0, 0.05) is 4.47 Å². The maximum Gasteiger partial charge on any atom is 0.0995 e. The normalized spacial score (nSPS) is 10.0. The second-order valence-corrected chi connectivity index (χ2v) is 4.81. The summed E-state index contributed by atoms with van der Waals surface area (Å²) in [4.78, 5) is 0. The van der Waals surface area contributed by atoms with Crippen LogP contribution in [0.3, 0.4) is 0 Å². The first kappa shape index (κ1) is 12.8. The molecule has 0 aromatic heterocycles. The van der Waals surface area contributed by atoms with Gasteiger partial charge in [-0.15, -0.1) is 0 Å². The molecule has 2 aromatic carbocycles. The van der Waals surface area contributed by atoms with E-state index in [2.05, 4.69) is 22.0 Å². The van der Waals surface area contributed by atoms with Crippen LogP contribution in [0.1, 0.15) is 16.7 Å². The highest BCUT2D eigenvalue weighted by atomic mass is 79.9. The average Bonchev–Trinajstić information content (AvgIpc) is 2.39. The van der Waals surface area contributed by atoms with Crippen LogP contribution < -0.4 is 0 Å². The van der Waals surface area contributed by atoms with Crippen LogP contribution in [-0.2, 0) is 18.0 Å². The minimum Gasteiger partial charge on any atom is -0.372 e. The van der Waals surface area contributed by atoms with Crippen LogP contribution in [0.2, 0.25) is 0 Å². The lowest BCUT2D eigenvalue weighted by molar-refractivity contribution is 0.107. The molecule has 3 heteroatoms. The van der Waals surface area contributed by atoms with Crippen molar-refractivity contribution in [1.82, 2.24) is 0 Å². The highest BCUT2D eigenvalue weighted by molar-refractivity contribution is 9.10. The Morgan fingerprint density at radius 2 is 1.89 bits per heavy atom. The molecular formula is C15H12BrNO. The predicted octanol–water partition coefficient (Wildman–Crippen LogP) is 4.04. The Labute approximate surface area is 115 Å². The number of nitrogens with zero attached hydrogens (tertiary/aromatic N) is 1. The lowest BCUT2D eigenvalue weighted by Crippen LogP contribution is -1.96. The Balaban J connectivity index is 1.95. The molecule has 2 nitrogen and oxygen atoms in total. The molecule has 0 unspecified atom stereocenters. The summed E-state index contributed by atoms with van der Waals surface area (Å²) in [7, 11) is 0. The summed E-state index contributed by atoms with van der Waals surface area (Å²) in [6.07, 6.45) is 0. The topological polar surface area (TPSA) is 33.0 Å². The molecule has 2 rings (SSSR count). The van der Waals surface area contributed by atoms with E-state index in [0.717, 1.165) is 15.6 Å². The molecule has 90 valence electrons. The highest BCUT2D eigenvalue weighted by Crippen LogP contribution is 2.14. The number of halogens is 1. The zero-order valence-electron chi connectivity index (χ0n) is 9.77. The van der Waals surface area contributed by atoms with Gasteiger partial charge in [-0.1, -0.05) is 46.3 Å². The first-order valence-electron chi connectivity index (χ1n) is 5.60. The average molecular weight is 302 g/mol. The van der Waals surface area contributed by atoms with Gasteiger partial charge in [-0.2, -0.15) is 5.26 Å². The molecule has 0 saturated carbocycles. The van der Waals surface area contributed by atoms with Crippen LogP contribution in [-0.4, -0.2) is 0 Å². The zero-order valence-corrected chi connectivity index (χ0v) is 11.4. The first-order chi connectivity index (χ1) is 8.79. The number of hydrogen-bond donors (Lipinski definition) is 0. The fourth-order valence-electron chi connectivity index (χ4n) is 1.66. The second-order valence-electron chi connectivity index (χ2n) is 3.89. The first-order valence-corrected chi connectivity index (χ1v) is 6.39. The fourth-order valence-corrected chi connectivity index (χ4v) is 2.11.